The molecule has 0 saturated carbocycles. The average molecular weight is 322 g/mol. The van der Waals surface area contributed by atoms with E-state index in [9.17, 15) is 18.0 Å². The summed E-state index contributed by atoms with van der Waals surface area (Å²) in [4.78, 5) is 11.8. The Bertz CT molecular complexity index is 681. The molecule has 2 aromatic carbocycles. The molecule has 0 fully saturated rings. The maximum Gasteiger partial charge on any atom is 0.338 e. The average Bonchev–Trinajstić information content (AvgIpc) is 2.52. The second-order valence-corrected chi connectivity index (χ2v) is 5.32. The van der Waals surface area contributed by atoms with Crippen LogP contribution in [0.25, 0.3) is 0 Å². The van der Waals surface area contributed by atoms with Crippen molar-refractivity contribution in [3.63, 3.8) is 0 Å². The number of unbranched alkanes of at least 4 members (excludes halogenated alkanes) is 1. The summed E-state index contributed by atoms with van der Waals surface area (Å²) in [7, 11) is 0. The molecule has 0 N–H and O–H groups in total. The SMILES string of the molecule is Cc1ccc(C(=O)OCCCCc2cc(F)c(F)cc2F)cc1. The second-order valence-electron chi connectivity index (χ2n) is 5.32. The quantitative estimate of drug-likeness (QED) is 0.442. The molecule has 2 nitrogen and oxygen atoms in total. The van der Waals surface area contributed by atoms with Crippen LogP contribution in [0.4, 0.5) is 13.2 Å². The highest BCUT2D eigenvalue weighted by Crippen LogP contribution is 2.16. The third-order valence-electron chi connectivity index (χ3n) is 3.45. The lowest BCUT2D eigenvalue weighted by Crippen LogP contribution is -2.06. The number of carbonyl (C=O) groups is 1. The van der Waals surface area contributed by atoms with Crippen LogP contribution in [0.5, 0.6) is 0 Å². The Morgan fingerprint density at radius 3 is 2.30 bits per heavy atom. The van der Waals surface area contributed by atoms with Crippen molar-refractivity contribution in [1.82, 2.24) is 0 Å². The Kier molecular flexibility index (Phi) is 5.79. The van der Waals surface area contributed by atoms with Crippen LogP contribution in [0, 0.1) is 24.4 Å². The number of rotatable bonds is 6. The standard InChI is InChI=1S/C18H17F3O2/c1-12-5-7-13(8-6-12)18(22)23-9-3-2-4-14-10-16(20)17(21)11-15(14)19/h5-8,10-11H,2-4,9H2,1H3. The Morgan fingerprint density at radius 1 is 0.957 bits per heavy atom. The summed E-state index contributed by atoms with van der Waals surface area (Å²) < 4.78 is 44.4. The summed E-state index contributed by atoms with van der Waals surface area (Å²) in [6.07, 6.45) is 1.27. The van der Waals surface area contributed by atoms with E-state index in [1.54, 1.807) is 12.1 Å². The number of esters is 1. The Balaban J connectivity index is 1.75. The van der Waals surface area contributed by atoms with E-state index in [1.165, 1.54) is 0 Å². The first kappa shape index (κ1) is 17.1. The smallest absolute Gasteiger partial charge is 0.338 e. The van der Waals surface area contributed by atoms with Gasteiger partial charge in [-0.3, -0.25) is 0 Å². The Hall–Kier alpha value is -2.30. The van der Waals surface area contributed by atoms with Crippen molar-refractivity contribution in [3.8, 4) is 0 Å². The summed E-state index contributed by atoms with van der Waals surface area (Å²) >= 11 is 0. The van der Waals surface area contributed by atoms with Gasteiger partial charge >= 0.3 is 5.97 Å². The van der Waals surface area contributed by atoms with Crippen LogP contribution in [0.3, 0.4) is 0 Å². The van der Waals surface area contributed by atoms with Gasteiger partial charge in [-0.15, -0.1) is 0 Å². The van der Waals surface area contributed by atoms with E-state index >= 15 is 0 Å². The van der Waals surface area contributed by atoms with Gasteiger partial charge in [0, 0.05) is 6.07 Å². The largest absolute Gasteiger partial charge is 0.462 e. The Labute approximate surface area is 132 Å². The highest BCUT2D eigenvalue weighted by atomic mass is 19.2. The molecule has 0 radical (unpaired) electrons. The van der Waals surface area contributed by atoms with E-state index in [0.717, 1.165) is 11.6 Å². The molecule has 0 amide bonds. The fourth-order valence-electron chi connectivity index (χ4n) is 2.11. The lowest BCUT2D eigenvalue weighted by Gasteiger charge is -2.06. The first-order chi connectivity index (χ1) is 11.0. The molecule has 0 spiro atoms. The van der Waals surface area contributed by atoms with Gasteiger partial charge in [-0.05, 0) is 49.9 Å². The zero-order valence-corrected chi connectivity index (χ0v) is 12.7. The lowest BCUT2D eigenvalue weighted by atomic mass is 10.1. The molecule has 0 unspecified atom stereocenters. The van der Waals surface area contributed by atoms with Crippen LogP contribution in [0.1, 0.15) is 34.3 Å². The van der Waals surface area contributed by atoms with Crippen LogP contribution >= 0.6 is 0 Å². The van der Waals surface area contributed by atoms with Crippen molar-refractivity contribution in [3.05, 3.63) is 70.5 Å². The third-order valence-corrected chi connectivity index (χ3v) is 3.45. The molecular weight excluding hydrogens is 305 g/mol. The molecule has 0 heterocycles. The first-order valence-electron chi connectivity index (χ1n) is 7.34. The van der Waals surface area contributed by atoms with Crippen molar-refractivity contribution in [1.29, 1.82) is 0 Å². The van der Waals surface area contributed by atoms with E-state index in [0.29, 0.717) is 24.5 Å². The number of ether oxygens (including phenoxy) is 1. The summed E-state index contributed by atoms with van der Waals surface area (Å²) in [5.74, 6) is -3.44. The molecule has 5 heteroatoms. The molecular formula is C18H17F3O2. The van der Waals surface area contributed by atoms with Gasteiger partial charge in [0.2, 0.25) is 0 Å². The third kappa shape index (κ3) is 4.84. The van der Waals surface area contributed by atoms with Gasteiger partial charge in [0.05, 0.1) is 12.2 Å². The van der Waals surface area contributed by atoms with Gasteiger partial charge in [0.25, 0.3) is 0 Å². The minimum absolute atomic E-state index is 0.119. The molecule has 23 heavy (non-hydrogen) atoms. The maximum atomic E-state index is 13.4. The summed E-state index contributed by atoms with van der Waals surface area (Å²) in [6.45, 7) is 2.12. The van der Waals surface area contributed by atoms with E-state index in [-0.39, 0.29) is 18.6 Å². The van der Waals surface area contributed by atoms with Crippen molar-refractivity contribution < 1.29 is 22.7 Å². The summed E-state index contributed by atoms with van der Waals surface area (Å²) in [5.41, 5.74) is 1.64. The van der Waals surface area contributed by atoms with Crippen LogP contribution in [-0.2, 0) is 11.2 Å². The molecule has 0 aliphatic carbocycles. The molecule has 2 rings (SSSR count). The monoisotopic (exact) mass is 322 g/mol. The van der Waals surface area contributed by atoms with E-state index in [1.807, 2.05) is 19.1 Å². The van der Waals surface area contributed by atoms with Gasteiger partial charge in [-0.25, -0.2) is 18.0 Å². The van der Waals surface area contributed by atoms with Gasteiger partial charge < -0.3 is 4.74 Å². The van der Waals surface area contributed by atoms with Crippen molar-refractivity contribution >= 4 is 5.97 Å². The van der Waals surface area contributed by atoms with Crippen LogP contribution in [0.2, 0.25) is 0 Å². The van der Waals surface area contributed by atoms with Gasteiger partial charge in [0.15, 0.2) is 11.6 Å². The zero-order chi connectivity index (χ0) is 16.8. The van der Waals surface area contributed by atoms with Crippen molar-refractivity contribution in [2.75, 3.05) is 6.61 Å². The predicted octanol–water partition coefficient (Wildman–Crippen LogP) is 4.59. The second kappa shape index (κ2) is 7.81. The fraction of sp³-hybridized carbons (Fsp3) is 0.278. The normalized spacial score (nSPS) is 10.6. The number of carbonyl (C=O) groups excluding carboxylic acids is 1. The molecule has 0 bridgehead atoms. The molecule has 0 aliphatic heterocycles. The van der Waals surface area contributed by atoms with Crippen LogP contribution in [-0.4, -0.2) is 12.6 Å². The highest BCUT2D eigenvalue weighted by Gasteiger charge is 2.10. The summed E-state index contributed by atoms with van der Waals surface area (Å²) in [5, 5.41) is 0. The van der Waals surface area contributed by atoms with Crippen LogP contribution in [0.15, 0.2) is 36.4 Å². The number of halogens is 3. The number of hydrogen-bond acceptors (Lipinski definition) is 2. The predicted molar refractivity (Wildman–Crippen MR) is 80.7 cm³/mol. The first-order valence-corrected chi connectivity index (χ1v) is 7.34. The number of hydrogen-bond donors (Lipinski definition) is 0. The highest BCUT2D eigenvalue weighted by molar-refractivity contribution is 5.89. The summed E-state index contributed by atoms with van der Waals surface area (Å²) in [6, 6.07) is 8.43. The number of aryl methyl sites for hydroxylation is 2. The molecule has 2 aromatic rings. The topological polar surface area (TPSA) is 26.3 Å². The van der Waals surface area contributed by atoms with E-state index < -0.39 is 23.4 Å². The van der Waals surface area contributed by atoms with Crippen LogP contribution < -0.4 is 0 Å². The minimum atomic E-state index is -1.20. The van der Waals surface area contributed by atoms with Crippen molar-refractivity contribution in [2.24, 2.45) is 0 Å². The molecule has 0 atom stereocenters. The lowest BCUT2D eigenvalue weighted by molar-refractivity contribution is 0.0498. The minimum Gasteiger partial charge on any atom is -0.462 e. The molecule has 0 saturated heterocycles. The van der Waals surface area contributed by atoms with Gasteiger partial charge in [0.1, 0.15) is 5.82 Å². The molecule has 0 aliphatic rings. The maximum absolute atomic E-state index is 13.4. The Morgan fingerprint density at radius 2 is 1.61 bits per heavy atom. The molecule has 122 valence electrons. The van der Waals surface area contributed by atoms with Crippen molar-refractivity contribution in [2.45, 2.75) is 26.2 Å². The molecule has 0 aromatic heterocycles. The van der Waals surface area contributed by atoms with E-state index in [2.05, 4.69) is 0 Å². The zero-order valence-electron chi connectivity index (χ0n) is 12.7. The van der Waals surface area contributed by atoms with E-state index in [4.69, 9.17) is 4.74 Å². The van der Waals surface area contributed by atoms with Gasteiger partial charge in [-0.1, -0.05) is 17.7 Å². The number of benzene rings is 2. The van der Waals surface area contributed by atoms with Gasteiger partial charge in [-0.2, -0.15) is 0 Å². The fourth-order valence-corrected chi connectivity index (χ4v) is 2.11.